The number of ether oxygens (including phenoxy) is 1. The zero-order valence-corrected chi connectivity index (χ0v) is 12.4. The number of aliphatic hydroxyl groups is 1. The predicted octanol–water partition coefficient (Wildman–Crippen LogP) is 1.98. The number of hydrogen-bond acceptors (Lipinski definition) is 4. The molecule has 1 aromatic rings. The van der Waals surface area contributed by atoms with Crippen molar-refractivity contribution in [3.05, 3.63) is 35.9 Å². The van der Waals surface area contributed by atoms with Gasteiger partial charge in [-0.3, -0.25) is 4.79 Å². The third-order valence-electron chi connectivity index (χ3n) is 3.70. The standard InChI is InChI=1S/C16H21NO4/c1-11(2)14(18)9-15(19)17-13(10-21-16(17)20)8-12-6-4-3-5-7-12/h3-7,11,13-14,18H,8-10H2,1-2H3/t13-,14+/m0/s1. The number of benzene rings is 1. The summed E-state index contributed by atoms with van der Waals surface area (Å²) in [5.74, 6) is -0.403. The van der Waals surface area contributed by atoms with Crippen molar-refractivity contribution in [1.82, 2.24) is 4.90 Å². The highest BCUT2D eigenvalue weighted by Crippen LogP contribution is 2.20. The van der Waals surface area contributed by atoms with Crippen molar-refractivity contribution < 1.29 is 19.4 Å². The van der Waals surface area contributed by atoms with Gasteiger partial charge in [0.15, 0.2) is 0 Å². The zero-order chi connectivity index (χ0) is 15.4. The second-order valence-corrected chi connectivity index (χ2v) is 5.70. The minimum Gasteiger partial charge on any atom is -0.447 e. The topological polar surface area (TPSA) is 66.8 Å². The summed E-state index contributed by atoms with van der Waals surface area (Å²) in [6, 6.07) is 9.36. The third-order valence-corrected chi connectivity index (χ3v) is 3.70. The Morgan fingerprint density at radius 3 is 2.67 bits per heavy atom. The molecule has 2 rings (SSSR count). The van der Waals surface area contributed by atoms with E-state index in [0.717, 1.165) is 10.5 Å². The lowest BCUT2D eigenvalue weighted by molar-refractivity contribution is -0.131. The van der Waals surface area contributed by atoms with Gasteiger partial charge in [0, 0.05) is 0 Å². The maximum Gasteiger partial charge on any atom is 0.416 e. The molecule has 5 nitrogen and oxygen atoms in total. The molecule has 1 aliphatic rings. The van der Waals surface area contributed by atoms with Crippen LogP contribution in [0.2, 0.25) is 0 Å². The maximum atomic E-state index is 12.2. The van der Waals surface area contributed by atoms with E-state index in [1.807, 2.05) is 44.2 Å². The molecule has 2 amide bonds. The molecule has 0 radical (unpaired) electrons. The summed E-state index contributed by atoms with van der Waals surface area (Å²) in [4.78, 5) is 25.2. The predicted molar refractivity (Wildman–Crippen MR) is 77.6 cm³/mol. The lowest BCUT2D eigenvalue weighted by Gasteiger charge is -2.22. The summed E-state index contributed by atoms with van der Waals surface area (Å²) in [6.07, 6.45) is -0.853. The smallest absolute Gasteiger partial charge is 0.416 e. The minimum atomic E-state index is -0.747. The Kier molecular flexibility index (Phi) is 4.96. The lowest BCUT2D eigenvalue weighted by Crippen LogP contribution is -2.42. The average molecular weight is 291 g/mol. The summed E-state index contributed by atoms with van der Waals surface area (Å²) in [5, 5.41) is 9.82. The largest absolute Gasteiger partial charge is 0.447 e. The van der Waals surface area contributed by atoms with Gasteiger partial charge in [0.1, 0.15) is 6.61 Å². The number of imide groups is 1. The number of aliphatic hydroxyl groups excluding tert-OH is 1. The summed E-state index contributed by atoms with van der Waals surface area (Å²) in [5.41, 5.74) is 1.04. The van der Waals surface area contributed by atoms with E-state index in [4.69, 9.17) is 4.74 Å². The molecule has 0 aliphatic carbocycles. The van der Waals surface area contributed by atoms with Crippen LogP contribution in [0.3, 0.4) is 0 Å². The van der Waals surface area contributed by atoms with Gasteiger partial charge in [0.2, 0.25) is 5.91 Å². The molecule has 1 N–H and O–H groups in total. The first-order valence-corrected chi connectivity index (χ1v) is 7.20. The number of amides is 2. The summed E-state index contributed by atoms with van der Waals surface area (Å²) >= 11 is 0. The Hall–Kier alpha value is -1.88. The molecule has 1 fully saturated rings. The summed E-state index contributed by atoms with van der Waals surface area (Å²) in [6.45, 7) is 3.88. The van der Waals surface area contributed by atoms with Gasteiger partial charge in [0.25, 0.3) is 0 Å². The van der Waals surface area contributed by atoms with Crippen LogP contribution in [0.4, 0.5) is 4.79 Å². The molecule has 0 bridgehead atoms. The van der Waals surface area contributed by atoms with Crippen molar-refractivity contribution >= 4 is 12.0 Å². The first-order valence-electron chi connectivity index (χ1n) is 7.20. The molecule has 21 heavy (non-hydrogen) atoms. The van der Waals surface area contributed by atoms with Crippen LogP contribution in [0, 0.1) is 5.92 Å². The fraction of sp³-hybridized carbons (Fsp3) is 0.500. The molecule has 1 heterocycles. The van der Waals surface area contributed by atoms with E-state index in [-0.39, 0.29) is 30.9 Å². The van der Waals surface area contributed by atoms with Crippen molar-refractivity contribution in [1.29, 1.82) is 0 Å². The Balaban J connectivity index is 2.04. The zero-order valence-electron chi connectivity index (χ0n) is 12.4. The van der Waals surface area contributed by atoms with Crippen LogP contribution in [0.5, 0.6) is 0 Å². The average Bonchev–Trinajstić information content (AvgIpc) is 2.80. The van der Waals surface area contributed by atoms with E-state index in [1.165, 1.54) is 0 Å². The van der Waals surface area contributed by atoms with Gasteiger partial charge in [0.05, 0.1) is 18.6 Å². The summed E-state index contributed by atoms with van der Waals surface area (Å²) < 4.78 is 5.00. The van der Waals surface area contributed by atoms with Crippen LogP contribution in [0.25, 0.3) is 0 Å². The van der Waals surface area contributed by atoms with E-state index in [1.54, 1.807) is 0 Å². The van der Waals surface area contributed by atoms with Gasteiger partial charge in [-0.25, -0.2) is 9.69 Å². The second-order valence-electron chi connectivity index (χ2n) is 5.70. The van der Waals surface area contributed by atoms with Crippen molar-refractivity contribution in [2.45, 2.75) is 38.8 Å². The van der Waals surface area contributed by atoms with E-state index in [0.29, 0.717) is 6.42 Å². The summed E-state index contributed by atoms with van der Waals surface area (Å²) in [7, 11) is 0. The SMILES string of the molecule is CC(C)[C@H](O)CC(=O)N1C(=O)OC[C@@H]1Cc1ccccc1. The van der Waals surface area contributed by atoms with Gasteiger partial charge in [-0.2, -0.15) is 0 Å². The number of nitrogens with zero attached hydrogens (tertiary/aromatic N) is 1. The highest BCUT2D eigenvalue weighted by Gasteiger charge is 2.38. The van der Waals surface area contributed by atoms with E-state index in [9.17, 15) is 14.7 Å². The van der Waals surface area contributed by atoms with E-state index in [2.05, 4.69) is 0 Å². The normalized spacial score (nSPS) is 19.7. The van der Waals surface area contributed by atoms with Crippen molar-refractivity contribution in [2.75, 3.05) is 6.61 Å². The third kappa shape index (κ3) is 3.82. The molecule has 1 aromatic carbocycles. The van der Waals surface area contributed by atoms with E-state index < -0.39 is 12.2 Å². The molecular weight excluding hydrogens is 270 g/mol. The van der Waals surface area contributed by atoms with Crippen molar-refractivity contribution in [2.24, 2.45) is 5.92 Å². The molecule has 0 spiro atoms. The second kappa shape index (κ2) is 6.72. The fourth-order valence-electron chi connectivity index (χ4n) is 2.32. The Morgan fingerprint density at radius 2 is 2.05 bits per heavy atom. The van der Waals surface area contributed by atoms with Crippen LogP contribution >= 0.6 is 0 Å². The van der Waals surface area contributed by atoms with Gasteiger partial charge in [-0.1, -0.05) is 44.2 Å². The van der Waals surface area contributed by atoms with Crippen LogP contribution in [-0.2, 0) is 16.0 Å². The molecule has 0 aromatic heterocycles. The van der Waals surface area contributed by atoms with Gasteiger partial charge in [-0.15, -0.1) is 0 Å². The molecule has 1 saturated heterocycles. The van der Waals surface area contributed by atoms with Crippen molar-refractivity contribution in [3.63, 3.8) is 0 Å². The van der Waals surface area contributed by atoms with Gasteiger partial charge < -0.3 is 9.84 Å². The van der Waals surface area contributed by atoms with Gasteiger partial charge >= 0.3 is 6.09 Å². The molecule has 1 aliphatic heterocycles. The quantitative estimate of drug-likeness (QED) is 0.901. The molecule has 114 valence electrons. The first-order chi connectivity index (χ1) is 9.99. The number of hydrogen-bond donors (Lipinski definition) is 1. The highest BCUT2D eigenvalue weighted by molar-refractivity contribution is 5.93. The number of carbonyl (C=O) groups excluding carboxylic acids is 2. The Bertz CT molecular complexity index is 500. The molecule has 5 heteroatoms. The van der Waals surface area contributed by atoms with Crippen LogP contribution < -0.4 is 0 Å². The maximum absolute atomic E-state index is 12.2. The monoisotopic (exact) mass is 291 g/mol. The fourth-order valence-corrected chi connectivity index (χ4v) is 2.32. The highest BCUT2D eigenvalue weighted by atomic mass is 16.6. The van der Waals surface area contributed by atoms with E-state index >= 15 is 0 Å². The Morgan fingerprint density at radius 1 is 1.38 bits per heavy atom. The van der Waals surface area contributed by atoms with Crippen molar-refractivity contribution in [3.8, 4) is 0 Å². The first kappa shape index (κ1) is 15.5. The molecule has 0 unspecified atom stereocenters. The number of carbonyl (C=O) groups is 2. The lowest BCUT2D eigenvalue weighted by atomic mass is 10.0. The molecular formula is C16H21NO4. The number of cyclic esters (lactones) is 1. The van der Waals surface area contributed by atoms with Crippen LogP contribution in [0.1, 0.15) is 25.8 Å². The molecule has 0 saturated carbocycles. The minimum absolute atomic E-state index is 0.0276. The van der Waals surface area contributed by atoms with Gasteiger partial charge in [-0.05, 0) is 17.9 Å². The van der Waals surface area contributed by atoms with Crippen LogP contribution in [-0.4, -0.2) is 40.8 Å². The Labute approximate surface area is 124 Å². The molecule has 2 atom stereocenters. The number of rotatable bonds is 5. The van der Waals surface area contributed by atoms with Crippen LogP contribution in [0.15, 0.2) is 30.3 Å².